The Hall–Kier alpha value is -2.17. The zero-order valence-corrected chi connectivity index (χ0v) is 15.1. The van der Waals surface area contributed by atoms with Crippen LogP contribution in [0.15, 0.2) is 54.6 Å². The van der Waals surface area contributed by atoms with Crippen molar-refractivity contribution in [3.63, 3.8) is 0 Å². The van der Waals surface area contributed by atoms with Crippen LogP contribution in [-0.2, 0) is 0 Å². The summed E-state index contributed by atoms with van der Waals surface area (Å²) < 4.78 is 0. The first kappa shape index (κ1) is 19.2. The molecule has 0 spiro atoms. The Morgan fingerprint density at radius 3 is 2.32 bits per heavy atom. The summed E-state index contributed by atoms with van der Waals surface area (Å²) in [5, 5.41) is 3.24. The van der Waals surface area contributed by atoms with Crippen LogP contribution in [0.5, 0.6) is 0 Å². The van der Waals surface area contributed by atoms with E-state index in [1.807, 2.05) is 36.2 Å². The molecule has 4 nitrogen and oxygen atoms in total. The van der Waals surface area contributed by atoms with Crippen LogP contribution in [0, 0.1) is 0 Å². The second kappa shape index (κ2) is 8.79. The van der Waals surface area contributed by atoms with E-state index in [1.165, 1.54) is 0 Å². The SMILES string of the molecule is CNC1CCCN(C(=O)c2ccccc2C(=O)c2ccccc2)C1.Cl. The average Bonchev–Trinajstić information content (AvgIpc) is 2.67. The molecule has 0 aliphatic carbocycles. The lowest BCUT2D eigenvalue weighted by Gasteiger charge is -2.33. The molecular weight excluding hydrogens is 336 g/mol. The molecule has 1 unspecified atom stereocenters. The topological polar surface area (TPSA) is 49.4 Å². The van der Waals surface area contributed by atoms with Crippen molar-refractivity contribution >= 4 is 24.1 Å². The summed E-state index contributed by atoms with van der Waals surface area (Å²) in [4.78, 5) is 27.6. The summed E-state index contributed by atoms with van der Waals surface area (Å²) in [7, 11) is 1.92. The van der Waals surface area contributed by atoms with Gasteiger partial charge in [-0.15, -0.1) is 12.4 Å². The summed E-state index contributed by atoms with van der Waals surface area (Å²) >= 11 is 0. The van der Waals surface area contributed by atoms with Crippen molar-refractivity contribution in [2.24, 2.45) is 0 Å². The molecule has 25 heavy (non-hydrogen) atoms. The van der Waals surface area contributed by atoms with Crippen molar-refractivity contribution in [3.8, 4) is 0 Å². The molecule has 2 aromatic rings. The van der Waals surface area contributed by atoms with Crippen LogP contribution in [0.3, 0.4) is 0 Å². The monoisotopic (exact) mass is 358 g/mol. The van der Waals surface area contributed by atoms with Crippen LogP contribution in [0.4, 0.5) is 0 Å². The maximum atomic E-state index is 13.0. The lowest BCUT2D eigenvalue weighted by Crippen LogP contribution is -2.47. The molecule has 1 heterocycles. The number of carbonyl (C=O) groups excluding carboxylic acids is 2. The van der Waals surface area contributed by atoms with E-state index in [0.29, 0.717) is 29.3 Å². The van der Waals surface area contributed by atoms with Crippen molar-refractivity contribution in [2.45, 2.75) is 18.9 Å². The Labute approximate surface area is 154 Å². The van der Waals surface area contributed by atoms with Crippen molar-refractivity contribution in [3.05, 3.63) is 71.3 Å². The number of amides is 1. The number of hydrogen-bond donors (Lipinski definition) is 1. The lowest BCUT2D eigenvalue weighted by atomic mass is 9.96. The Kier molecular flexibility index (Phi) is 6.73. The van der Waals surface area contributed by atoms with Crippen molar-refractivity contribution in [2.75, 3.05) is 20.1 Å². The van der Waals surface area contributed by atoms with E-state index >= 15 is 0 Å². The number of hydrogen-bond acceptors (Lipinski definition) is 3. The summed E-state index contributed by atoms with van der Waals surface area (Å²) in [6.45, 7) is 1.42. The predicted octanol–water partition coefficient (Wildman–Crippen LogP) is 3.16. The van der Waals surface area contributed by atoms with E-state index in [-0.39, 0.29) is 24.1 Å². The van der Waals surface area contributed by atoms with Gasteiger partial charge in [0.1, 0.15) is 0 Å². The molecule has 0 radical (unpaired) electrons. The molecule has 0 aromatic heterocycles. The van der Waals surface area contributed by atoms with E-state index in [0.717, 1.165) is 19.4 Å². The fourth-order valence-electron chi connectivity index (χ4n) is 3.18. The largest absolute Gasteiger partial charge is 0.337 e. The van der Waals surface area contributed by atoms with Gasteiger partial charge in [0.25, 0.3) is 5.91 Å². The smallest absolute Gasteiger partial charge is 0.254 e. The van der Waals surface area contributed by atoms with Gasteiger partial charge in [0.05, 0.1) is 5.56 Å². The maximum Gasteiger partial charge on any atom is 0.254 e. The third-order valence-electron chi connectivity index (χ3n) is 4.55. The highest BCUT2D eigenvalue weighted by atomic mass is 35.5. The quantitative estimate of drug-likeness (QED) is 0.854. The summed E-state index contributed by atoms with van der Waals surface area (Å²) in [6, 6.07) is 16.5. The molecule has 1 atom stereocenters. The minimum absolute atomic E-state index is 0. The normalized spacial score (nSPS) is 16.8. The van der Waals surface area contributed by atoms with Gasteiger partial charge in [-0.25, -0.2) is 0 Å². The second-order valence-electron chi connectivity index (χ2n) is 6.12. The number of likely N-dealkylation sites (tertiary alicyclic amines) is 1. The second-order valence-corrected chi connectivity index (χ2v) is 6.12. The van der Waals surface area contributed by atoms with Gasteiger partial charge < -0.3 is 10.2 Å². The number of halogens is 1. The fourth-order valence-corrected chi connectivity index (χ4v) is 3.18. The molecule has 1 saturated heterocycles. The van der Waals surface area contributed by atoms with Crippen LogP contribution in [-0.4, -0.2) is 42.8 Å². The van der Waals surface area contributed by atoms with Crippen molar-refractivity contribution < 1.29 is 9.59 Å². The zero-order valence-electron chi connectivity index (χ0n) is 14.3. The average molecular weight is 359 g/mol. The van der Waals surface area contributed by atoms with E-state index in [2.05, 4.69) is 5.32 Å². The van der Waals surface area contributed by atoms with E-state index < -0.39 is 0 Å². The number of carbonyl (C=O) groups is 2. The first-order valence-electron chi connectivity index (χ1n) is 8.36. The molecule has 1 amide bonds. The highest BCUT2D eigenvalue weighted by Gasteiger charge is 2.26. The number of piperidine rings is 1. The van der Waals surface area contributed by atoms with Gasteiger partial charge in [-0.1, -0.05) is 48.5 Å². The molecular formula is C20H23ClN2O2. The van der Waals surface area contributed by atoms with Crippen molar-refractivity contribution in [1.29, 1.82) is 0 Å². The van der Waals surface area contributed by atoms with Gasteiger partial charge in [0.15, 0.2) is 5.78 Å². The number of nitrogens with zero attached hydrogens (tertiary/aromatic N) is 1. The molecule has 5 heteroatoms. The van der Waals surface area contributed by atoms with E-state index in [1.54, 1.807) is 30.3 Å². The molecule has 0 bridgehead atoms. The van der Waals surface area contributed by atoms with E-state index in [9.17, 15) is 9.59 Å². The predicted molar refractivity (Wildman–Crippen MR) is 102 cm³/mol. The van der Waals surface area contributed by atoms with E-state index in [4.69, 9.17) is 0 Å². The highest BCUT2D eigenvalue weighted by Crippen LogP contribution is 2.19. The van der Waals surface area contributed by atoms with Gasteiger partial charge in [-0.3, -0.25) is 9.59 Å². The lowest BCUT2D eigenvalue weighted by molar-refractivity contribution is 0.0694. The Morgan fingerprint density at radius 2 is 1.64 bits per heavy atom. The molecule has 1 fully saturated rings. The van der Waals surface area contributed by atoms with Crippen LogP contribution in [0.2, 0.25) is 0 Å². The van der Waals surface area contributed by atoms with Crippen LogP contribution in [0.25, 0.3) is 0 Å². The molecule has 3 rings (SSSR count). The highest BCUT2D eigenvalue weighted by molar-refractivity contribution is 6.15. The number of nitrogens with one attached hydrogen (secondary N) is 1. The summed E-state index contributed by atoms with van der Waals surface area (Å²) in [6.07, 6.45) is 2.05. The van der Waals surface area contributed by atoms with Gasteiger partial charge in [0, 0.05) is 30.3 Å². The Morgan fingerprint density at radius 1 is 1.00 bits per heavy atom. The minimum atomic E-state index is -0.110. The first-order valence-corrected chi connectivity index (χ1v) is 8.36. The van der Waals surface area contributed by atoms with Gasteiger partial charge >= 0.3 is 0 Å². The number of likely N-dealkylation sites (N-methyl/N-ethyl adjacent to an activating group) is 1. The van der Waals surface area contributed by atoms with Gasteiger partial charge in [0.2, 0.25) is 0 Å². The zero-order chi connectivity index (χ0) is 16.9. The number of benzene rings is 2. The standard InChI is InChI=1S/C20H22N2O2.ClH/c1-21-16-10-7-13-22(14-16)20(24)18-12-6-5-11-17(18)19(23)15-8-3-2-4-9-15;/h2-6,8-9,11-12,16,21H,7,10,13-14H2,1H3;1H. The van der Waals surface area contributed by atoms with Gasteiger partial charge in [-0.05, 0) is 26.0 Å². The Bertz CT molecular complexity index is 733. The molecule has 1 aliphatic heterocycles. The first-order chi connectivity index (χ1) is 11.7. The van der Waals surface area contributed by atoms with Gasteiger partial charge in [-0.2, -0.15) is 0 Å². The fraction of sp³-hybridized carbons (Fsp3) is 0.300. The number of ketones is 1. The Balaban J connectivity index is 0.00000225. The third-order valence-corrected chi connectivity index (χ3v) is 4.55. The molecule has 0 saturated carbocycles. The maximum absolute atomic E-state index is 13.0. The minimum Gasteiger partial charge on any atom is -0.337 e. The number of rotatable bonds is 4. The molecule has 1 aliphatic rings. The third kappa shape index (κ3) is 4.27. The van der Waals surface area contributed by atoms with Crippen LogP contribution < -0.4 is 5.32 Å². The summed E-state index contributed by atoms with van der Waals surface area (Å²) in [5.74, 6) is -0.170. The molecule has 132 valence electrons. The molecule has 1 N–H and O–H groups in total. The molecule has 2 aromatic carbocycles. The van der Waals surface area contributed by atoms with Crippen LogP contribution in [0.1, 0.15) is 39.1 Å². The van der Waals surface area contributed by atoms with Crippen LogP contribution >= 0.6 is 12.4 Å². The van der Waals surface area contributed by atoms with Crippen molar-refractivity contribution in [1.82, 2.24) is 10.2 Å². The summed E-state index contributed by atoms with van der Waals surface area (Å²) in [5.41, 5.74) is 1.56.